The molecule has 0 fully saturated rings. The minimum absolute atomic E-state index is 0.0254. The second-order valence-corrected chi connectivity index (χ2v) is 6.67. The Labute approximate surface area is 129 Å². The lowest BCUT2D eigenvalue weighted by Crippen LogP contribution is -2.13. The molecule has 0 atom stereocenters. The first-order valence-electron chi connectivity index (χ1n) is 5.26. The zero-order valence-electron chi connectivity index (χ0n) is 9.84. The van der Waals surface area contributed by atoms with Gasteiger partial charge < -0.3 is 0 Å². The van der Waals surface area contributed by atoms with Crippen molar-refractivity contribution in [3.05, 3.63) is 51.7 Å². The van der Waals surface area contributed by atoms with E-state index in [0.717, 1.165) is 6.20 Å². The molecule has 0 amide bonds. The number of sulfonamides is 1. The predicted octanol–water partition coefficient (Wildman–Crippen LogP) is 3.17. The number of hydrogen-bond donors (Lipinski definition) is 1. The van der Waals surface area contributed by atoms with E-state index in [-0.39, 0.29) is 10.6 Å². The Morgan fingerprint density at radius 1 is 1.30 bits per heavy atom. The highest BCUT2D eigenvalue weighted by Crippen LogP contribution is 2.26. The molecule has 20 heavy (non-hydrogen) atoms. The van der Waals surface area contributed by atoms with E-state index in [1.54, 1.807) is 18.2 Å². The van der Waals surface area contributed by atoms with Gasteiger partial charge in [-0.2, -0.15) is 5.26 Å². The number of nitrogens with one attached hydrogen (secondary N) is 1. The first-order chi connectivity index (χ1) is 9.42. The second kappa shape index (κ2) is 5.79. The molecule has 0 saturated carbocycles. The highest BCUT2D eigenvalue weighted by Gasteiger charge is 2.15. The van der Waals surface area contributed by atoms with Crippen molar-refractivity contribution in [2.45, 2.75) is 4.90 Å². The van der Waals surface area contributed by atoms with Gasteiger partial charge in [0, 0.05) is 10.7 Å². The van der Waals surface area contributed by atoms with E-state index in [1.165, 1.54) is 12.1 Å². The molecule has 1 heterocycles. The molecule has 0 radical (unpaired) electrons. The summed E-state index contributed by atoms with van der Waals surface area (Å²) in [4.78, 5) is 3.70. The van der Waals surface area contributed by atoms with Gasteiger partial charge in [0.05, 0.1) is 10.7 Å². The molecule has 102 valence electrons. The molecule has 0 aliphatic carbocycles. The van der Waals surface area contributed by atoms with Crippen molar-refractivity contribution >= 4 is 43.2 Å². The van der Waals surface area contributed by atoms with E-state index in [4.69, 9.17) is 16.9 Å². The summed E-state index contributed by atoms with van der Waals surface area (Å²) < 4.78 is 27.2. The minimum atomic E-state index is -3.75. The normalized spacial score (nSPS) is 10.8. The molecule has 1 aromatic carbocycles. The molecular formula is C12H7BrClN3O2S. The van der Waals surface area contributed by atoms with E-state index >= 15 is 0 Å². The Morgan fingerprint density at radius 2 is 2.05 bits per heavy atom. The van der Waals surface area contributed by atoms with E-state index in [1.807, 2.05) is 6.07 Å². The van der Waals surface area contributed by atoms with Crippen molar-refractivity contribution in [3.63, 3.8) is 0 Å². The number of rotatable bonds is 3. The summed E-state index contributed by atoms with van der Waals surface area (Å²) in [7, 11) is -3.75. The van der Waals surface area contributed by atoms with Crippen molar-refractivity contribution in [2.75, 3.05) is 4.72 Å². The largest absolute Gasteiger partial charge is 0.280 e. The van der Waals surface area contributed by atoms with Gasteiger partial charge in [-0.25, -0.2) is 13.4 Å². The Balaban J connectivity index is 2.30. The number of nitriles is 1. The van der Waals surface area contributed by atoms with Gasteiger partial charge in [0.1, 0.15) is 16.7 Å². The van der Waals surface area contributed by atoms with Crippen LogP contribution < -0.4 is 4.72 Å². The topological polar surface area (TPSA) is 82.8 Å². The molecule has 0 spiro atoms. The highest BCUT2D eigenvalue weighted by molar-refractivity contribution is 9.10. The number of nitrogens with zero attached hydrogens (tertiary/aromatic N) is 2. The van der Waals surface area contributed by atoms with Gasteiger partial charge in [-0.15, -0.1) is 0 Å². The van der Waals surface area contributed by atoms with Gasteiger partial charge in [0.15, 0.2) is 0 Å². The standard InChI is InChI=1S/C12H7BrClN3O2S/c13-11-5-8(2-4-12(11)14)17-20(18,19)10-3-1-9(6-15)16-7-10/h1-5,7,17H. The van der Waals surface area contributed by atoms with Crippen LogP contribution >= 0.6 is 27.5 Å². The molecular weight excluding hydrogens is 366 g/mol. The van der Waals surface area contributed by atoms with Crippen LogP contribution in [-0.4, -0.2) is 13.4 Å². The number of pyridine rings is 1. The summed E-state index contributed by atoms with van der Waals surface area (Å²) in [6.07, 6.45) is 1.13. The lowest BCUT2D eigenvalue weighted by molar-refractivity contribution is 0.601. The number of hydrogen-bond acceptors (Lipinski definition) is 4. The molecule has 8 heteroatoms. The summed E-state index contributed by atoms with van der Waals surface area (Å²) in [6, 6.07) is 9.15. The quantitative estimate of drug-likeness (QED) is 0.897. The lowest BCUT2D eigenvalue weighted by atomic mass is 10.3. The maximum Gasteiger partial charge on any atom is 0.263 e. The van der Waals surface area contributed by atoms with Gasteiger partial charge >= 0.3 is 0 Å². The first-order valence-corrected chi connectivity index (χ1v) is 7.92. The summed E-state index contributed by atoms with van der Waals surface area (Å²) in [6.45, 7) is 0. The fourth-order valence-electron chi connectivity index (χ4n) is 1.38. The van der Waals surface area contributed by atoms with Crippen LogP contribution in [0.4, 0.5) is 5.69 Å². The molecule has 1 aromatic heterocycles. The molecule has 5 nitrogen and oxygen atoms in total. The number of benzene rings is 1. The van der Waals surface area contributed by atoms with Crippen LogP contribution in [0.1, 0.15) is 5.69 Å². The van der Waals surface area contributed by atoms with Gasteiger partial charge in [-0.3, -0.25) is 4.72 Å². The van der Waals surface area contributed by atoms with Crippen molar-refractivity contribution < 1.29 is 8.42 Å². The van der Waals surface area contributed by atoms with Crippen LogP contribution in [-0.2, 0) is 10.0 Å². The predicted molar refractivity (Wildman–Crippen MR) is 78.9 cm³/mol. The summed E-state index contributed by atoms with van der Waals surface area (Å²) in [5.41, 5.74) is 0.517. The minimum Gasteiger partial charge on any atom is -0.280 e. The molecule has 0 bridgehead atoms. The zero-order chi connectivity index (χ0) is 14.8. The first kappa shape index (κ1) is 14.8. The van der Waals surface area contributed by atoms with Gasteiger partial charge in [0.25, 0.3) is 10.0 Å². The fraction of sp³-hybridized carbons (Fsp3) is 0. The third kappa shape index (κ3) is 3.28. The summed E-state index contributed by atoms with van der Waals surface area (Å²) in [5.74, 6) is 0. The van der Waals surface area contributed by atoms with Crippen molar-refractivity contribution in [2.24, 2.45) is 0 Å². The molecule has 0 aliphatic rings. The molecule has 0 aliphatic heterocycles. The summed E-state index contributed by atoms with van der Waals surface area (Å²) in [5, 5.41) is 9.11. The zero-order valence-corrected chi connectivity index (χ0v) is 13.0. The monoisotopic (exact) mass is 371 g/mol. The SMILES string of the molecule is N#Cc1ccc(S(=O)(=O)Nc2ccc(Cl)c(Br)c2)cn1. The Kier molecular flexibility index (Phi) is 4.28. The van der Waals surface area contributed by atoms with E-state index in [9.17, 15) is 8.42 Å². The van der Waals surface area contributed by atoms with Crippen LogP contribution in [0, 0.1) is 11.3 Å². The van der Waals surface area contributed by atoms with Crippen LogP contribution in [0.2, 0.25) is 5.02 Å². The van der Waals surface area contributed by atoms with Crippen LogP contribution in [0.15, 0.2) is 45.9 Å². The number of aromatic nitrogens is 1. The van der Waals surface area contributed by atoms with Gasteiger partial charge in [0.2, 0.25) is 0 Å². The van der Waals surface area contributed by atoms with E-state index < -0.39 is 10.0 Å². The van der Waals surface area contributed by atoms with Crippen LogP contribution in [0.25, 0.3) is 0 Å². The maximum atomic E-state index is 12.1. The molecule has 0 unspecified atom stereocenters. The number of anilines is 1. The number of halogens is 2. The van der Waals surface area contributed by atoms with Crippen molar-refractivity contribution in [1.82, 2.24) is 4.98 Å². The van der Waals surface area contributed by atoms with Gasteiger partial charge in [-0.1, -0.05) is 11.6 Å². The van der Waals surface area contributed by atoms with Gasteiger partial charge in [-0.05, 0) is 46.3 Å². The molecule has 0 saturated heterocycles. The molecule has 2 aromatic rings. The lowest BCUT2D eigenvalue weighted by Gasteiger charge is -2.08. The Hall–Kier alpha value is -1.62. The van der Waals surface area contributed by atoms with Crippen LogP contribution in [0.5, 0.6) is 0 Å². The van der Waals surface area contributed by atoms with E-state index in [0.29, 0.717) is 15.2 Å². The summed E-state index contributed by atoms with van der Waals surface area (Å²) >= 11 is 9.05. The van der Waals surface area contributed by atoms with Crippen molar-refractivity contribution in [3.8, 4) is 6.07 Å². The Bertz CT molecular complexity index is 785. The highest BCUT2D eigenvalue weighted by atomic mass is 79.9. The average Bonchev–Trinajstić information content (AvgIpc) is 2.43. The smallest absolute Gasteiger partial charge is 0.263 e. The Morgan fingerprint density at radius 3 is 2.60 bits per heavy atom. The van der Waals surface area contributed by atoms with Crippen molar-refractivity contribution in [1.29, 1.82) is 5.26 Å². The average molecular weight is 373 g/mol. The molecule has 1 N–H and O–H groups in total. The molecule has 2 rings (SSSR count). The third-order valence-electron chi connectivity index (χ3n) is 2.33. The van der Waals surface area contributed by atoms with Crippen LogP contribution in [0.3, 0.4) is 0 Å². The second-order valence-electron chi connectivity index (χ2n) is 3.73. The van der Waals surface area contributed by atoms with E-state index in [2.05, 4.69) is 25.6 Å². The maximum absolute atomic E-state index is 12.1. The third-order valence-corrected chi connectivity index (χ3v) is 4.91. The fourth-order valence-corrected chi connectivity index (χ4v) is 2.87.